The number of primary amides is 1. The topological polar surface area (TPSA) is 72.2 Å². The first-order chi connectivity index (χ1) is 10.5. The molecule has 22 heavy (non-hydrogen) atoms. The molecule has 2 unspecified atom stereocenters. The number of rotatable bonds is 4. The smallest absolute Gasteiger partial charge is 0.248 e. The van der Waals surface area contributed by atoms with Gasteiger partial charge in [-0.2, -0.15) is 0 Å². The van der Waals surface area contributed by atoms with E-state index in [2.05, 4.69) is 5.32 Å². The molecule has 112 valence electrons. The van der Waals surface area contributed by atoms with Gasteiger partial charge in [-0.05, 0) is 54.3 Å². The van der Waals surface area contributed by atoms with Gasteiger partial charge < -0.3 is 11.1 Å². The van der Waals surface area contributed by atoms with Crippen molar-refractivity contribution in [3.63, 3.8) is 0 Å². The maximum absolute atomic E-state index is 12.9. The van der Waals surface area contributed by atoms with Gasteiger partial charge in [0.2, 0.25) is 11.8 Å². The summed E-state index contributed by atoms with van der Waals surface area (Å²) in [6.45, 7) is 0. The molecule has 2 aromatic rings. The predicted molar refractivity (Wildman–Crippen MR) is 80.8 cm³/mol. The molecule has 3 N–H and O–H groups in total. The van der Waals surface area contributed by atoms with Crippen LogP contribution >= 0.6 is 0 Å². The average molecular weight is 298 g/mol. The van der Waals surface area contributed by atoms with Gasteiger partial charge in [-0.25, -0.2) is 4.39 Å². The number of amides is 2. The first-order valence-electron chi connectivity index (χ1n) is 7.01. The van der Waals surface area contributed by atoms with Gasteiger partial charge >= 0.3 is 0 Å². The van der Waals surface area contributed by atoms with Crippen molar-refractivity contribution < 1.29 is 14.0 Å². The molecule has 0 aliphatic heterocycles. The summed E-state index contributed by atoms with van der Waals surface area (Å²) in [5.74, 6) is -0.802. The lowest BCUT2D eigenvalue weighted by Crippen LogP contribution is -2.15. The van der Waals surface area contributed by atoms with E-state index in [9.17, 15) is 14.0 Å². The van der Waals surface area contributed by atoms with Crippen LogP contribution in [-0.4, -0.2) is 11.8 Å². The van der Waals surface area contributed by atoms with E-state index in [1.54, 1.807) is 36.4 Å². The lowest BCUT2D eigenvalue weighted by molar-refractivity contribution is -0.117. The Morgan fingerprint density at radius 2 is 1.68 bits per heavy atom. The van der Waals surface area contributed by atoms with Crippen LogP contribution in [0.15, 0.2) is 48.5 Å². The highest BCUT2D eigenvalue weighted by Gasteiger charge is 2.43. The van der Waals surface area contributed by atoms with Crippen LogP contribution in [0.2, 0.25) is 0 Å². The lowest BCUT2D eigenvalue weighted by atomic mass is 10.1. The maximum atomic E-state index is 12.9. The number of nitrogens with one attached hydrogen (secondary N) is 1. The molecule has 3 rings (SSSR count). The fraction of sp³-hybridized carbons (Fsp3) is 0.176. The van der Waals surface area contributed by atoms with Gasteiger partial charge in [-0.1, -0.05) is 12.1 Å². The predicted octanol–water partition coefficient (Wildman–Crippen LogP) is 2.67. The van der Waals surface area contributed by atoms with E-state index in [4.69, 9.17) is 5.73 Å². The van der Waals surface area contributed by atoms with E-state index in [0.29, 0.717) is 11.3 Å². The first-order valence-corrected chi connectivity index (χ1v) is 7.01. The first kappa shape index (κ1) is 14.3. The van der Waals surface area contributed by atoms with Crippen molar-refractivity contribution in [3.8, 4) is 0 Å². The summed E-state index contributed by atoms with van der Waals surface area (Å²) >= 11 is 0. The van der Waals surface area contributed by atoms with Crippen LogP contribution in [0.1, 0.15) is 28.3 Å². The molecular weight excluding hydrogens is 283 g/mol. The van der Waals surface area contributed by atoms with Crippen LogP contribution in [0.4, 0.5) is 10.1 Å². The van der Waals surface area contributed by atoms with E-state index in [0.717, 1.165) is 12.0 Å². The van der Waals surface area contributed by atoms with Gasteiger partial charge in [0.1, 0.15) is 5.82 Å². The molecule has 2 aromatic carbocycles. The molecule has 0 heterocycles. The third-order valence-electron chi connectivity index (χ3n) is 3.86. The van der Waals surface area contributed by atoms with Crippen LogP contribution in [0.25, 0.3) is 0 Å². The number of carbonyl (C=O) groups is 2. The van der Waals surface area contributed by atoms with Crippen LogP contribution in [0, 0.1) is 11.7 Å². The van der Waals surface area contributed by atoms with Crippen molar-refractivity contribution in [2.45, 2.75) is 12.3 Å². The fourth-order valence-electron chi connectivity index (χ4n) is 2.52. The van der Waals surface area contributed by atoms with Crippen molar-refractivity contribution in [2.24, 2.45) is 11.7 Å². The molecule has 2 atom stereocenters. The molecule has 0 aromatic heterocycles. The summed E-state index contributed by atoms with van der Waals surface area (Å²) < 4.78 is 12.9. The molecule has 1 fully saturated rings. The number of hydrogen-bond acceptors (Lipinski definition) is 2. The number of nitrogens with two attached hydrogens (primary N) is 1. The van der Waals surface area contributed by atoms with Crippen LogP contribution < -0.4 is 11.1 Å². The molecule has 5 heteroatoms. The van der Waals surface area contributed by atoms with E-state index in [1.165, 1.54) is 12.1 Å². The summed E-state index contributed by atoms with van der Waals surface area (Å²) in [5, 5.41) is 2.82. The van der Waals surface area contributed by atoms with Gasteiger partial charge in [0, 0.05) is 17.2 Å². The minimum Gasteiger partial charge on any atom is -0.366 e. The maximum Gasteiger partial charge on any atom is 0.248 e. The Hall–Kier alpha value is -2.69. The second kappa shape index (κ2) is 5.60. The van der Waals surface area contributed by atoms with Crippen molar-refractivity contribution >= 4 is 17.5 Å². The second-order valence-corrected chi connectivity index (χ2v) is 5.43. The summed E-state index contributed by atoms with van der Waals surface area (Å²) in [6.07, 6.45) is 0.761. The van der Waals surface area contributed by atoms with Crippen LogP contribution in [0.5, 0.6) is 0 Å². The van der Waals surface area contributed by atoms with Crippen molar-refractivity contribution in [2.75, 3.05) is 5.32 Å². The SMILES string of the molecule is NC(=O)c1ccc(NC(=O)C2CC2c2ccc(F)cc2)cc1. The summed E-state index contributed by atoms with van der Waals surface area (Å²) in [7, 11) is 0. The summed E-state index contributed by atoms with van der Waals surface area (Å²) in [6, 6.07) is 12.7. The molecule has 1 saturated carbocycles. The molecule has 0 radical (unpaired) electrons. The van der Waals surface area contributed by atoms with E-state index >= 15 is 0 Å². The second-order valence-electron chi connectivity index (χ2n) is 5.43. The molecule has 0 bridgehead atoms. The lowest BCUT2D eigenvalue weighted by Gasteiger charge is -2.05. The molecule has 0 saturated heterocycles. The fourth-order valence-corrected chi connectivity index (χ4v) is 2.52. The van der Waals surface area contributed by atoms with Crippen LogP contribution in [-0.2, 0) is 4.79 Å². The van der Waals surface area contributed by atoms with Crippen molar-refractivity contribution in [3.05, 3.63) is 65.5 Å². The normalized spacial score (nSPS) is 19.5. The highest BCUT2D eigenvalue weighted by Crippen LogP contribution is 2.47. The van der Waals surface area contributed by atoms with Crippen LogP contribution in [0.3, 0.4) is 0 Å². The van der Waals surface area contributed by atoms with E-state index < -0.39 is 5.91 Å². The number of carbonyl (C=O) groups excluding carboxylic acids is 2. The number of anilines is 1. The Morgan fingerprint density at radius 1 is 1.05 bits per heavy atom. The van der Waals surface area contributed by atoms with Crippen molar-refractivity contribution in [1.82, 2.24) is 0 Å². The third kappa shape index (κ3) is 2.98. The molecule has 0 spiro atoms. The van der Waals surface area contributed by atoms with Gasteiger partial charge in [0.15, 0.2) is 0 Å². The van der Waals surface area contributed by atoms with Gasteiger partial charge in [0.05, 0.1) is 0 Å². The quantitative estimate of drug-likeness (QED) is 0.911. The Labute approximate surface area is 127 Å². The monoisotopic (exact) mass is 298 g/mol. The summed E-state index contributed by atoms with van der Waals surface area (Å²) in [5.41, 5.74) is 7.16. The molecule has 2 amide bonds. The Kier molecular flexibility index (Phi) is 3.63. The Bertz CT molecular complexity index is 710. The minimum absolute atomic E-state index is 0.0684. The molecule has 4 nitrogen and oxygen atoms in total. The third-order valence-corrected chi connectivity index (χ3v) is 3.86. The number of hydrogen-bond donors (Lipinski definition) is 2. The number of halogens is 1. The van der Waals surface area contributed by atoms with Crippen molar-refractivity contribution in [1.29, 1.82) is 0 Å². The largest absolute Gasteiger partial charge is 0.366 e. The standard InChI is InChI=1S/C17H15FN2O2/c18-12-5-1-10(2-6-12)14-9-15(14)17(22)20-13-7-3-11(4-8-13)16(19)21/h1-8,14-15H,9H2,(H2,19,21)(H,20,22). The highest BCUT2D eigenvalue weighted by atomic mass is 19.1. The molecule has 1 aliphatic rings. The number of benzene rings is 2. The Morgan fingerprint density at radius 3 is 2.27 bits per heavy atom. The van der Waals surface area contributed by atoms with Gasteiger partial charge in [0.25, 0.3) is 0 Å². The molecular formula is C17H15FN2O2. The van der Waals surface area contributed by atoms with Gasteiger partial charge in [-0.3, -0.25) is 9.59 Å². The van der Waals surface area contributed by atoms with Gasteiger partial charge in [-0.15, -0.1) is 0 Å². The zero-order valence-corrected chi connectivity index (χ0v) is 11.8. The Balaban J connectivity index is 1.61. The highest BCUT2D eigenvalue weighted by molar-refractivity contribution is 5.96. The zero-order valence-electron chi connectivity index (χ0n) is 11.8. The average Bonchev–Trinajstić information content (AvgIpc) is 3.29. The molecule has 1 aliphatic carbocycles. The summed E-state index contributed by atoms with van der Waals surface area (Å²) in [4.78, 5) is 23.2. The van der Waals surface area contributed by atoms with E-state index in [-0.39, 0.29) is 23.6 Å². The minimum atomic E-state index is -0.503. The van der Waals surface area contributed by atoms with E-state index in [1.807, 2.05) is 0 Å². The zero-order chi connectivity index (χ0) is 15.7.